The number of carbonyl (C=O) groups is 1. The lowest BCUT2D eigenvalue weighted by molar-refractivity contribution is 0.0924. The summed E-state index contributed by atoms with van der Waals surface area (Å²) in [5, 5.41) is 6.91. The van der Waals surface area contributed by atoms with E-state index in [1.165, 1.54) is 12.4 Å². The molecule has 27 heavy (non-hydrogen) atoms. The third kappa shape index (κ3) is 4.01. The number of amides is 1. The van der Waals surface area contributed by atoms with Crippen LogP contribution in [0.1, 0.15) is 21.8 Å². The number of carbonyl (C=O) groups excluding carboxylic acids is 1. The van der Waals surface area contributed by atoms with Crippen LogP contribution < -0.4 is 5.32 Å². The van der Waals surface area contributed by atoms with Gasteiger partial charge in [-0.15, -0.1) is 0 Å². The van der Waals surface area contributed by atoms with Gasteiger partial charge in [0.15, 0.2) is 5.82 Å². The minimum Gasteiger partial charge on any atom is -0.379 e. The molecule has 4 heterocycles. The van der Waals surface area contributed by atoms with Gasteiger partial charge in [-0.3, -0.25) is 9.78 Å². The fourth-order valence-corrected chi connectivity index (χ4v) is 3.05. The molecule has 138 valence electrons. The van der Waals surface area contributed by atoms with Crippen molar-refractivity contribution in [1.82, 2.24) is 25.4 Å². The highest BCUT2D eigenvalue weighted by Crippen LogP contribution is 2.20. The third-order valence-electron chi connectivity index (χ3n) is 4.46. The van der Waals surface area contributed by atoms with Crippen LogP contribution in [0.25, 0.3) is 11.5 Å². The maximum absolute atomic E-state index is 12.6. The molecule has 3 aromatic heterocycles. The molecule has 8 heteroatoms. The molecule has 4 rings (SSSR count). The van der Waals surface area contributed by atoms with E-state index in [0.717, 1.165) is 11.5 Å². The molecule has 0 radical (unpaired) electrons. The molecule has 8 nitrogen and oxygen atoms in total. The molecule has 1 aliphatic heterocycles. The maximum Gasteiger partial charge on any atom is 0.254 e. The van der Waals surface area contributed by atoms with Crippen molar-refractivity contribution in [2.75, 3.05) is 13.2 Å². The van der Waals surface area contributed by atoms with Gasteiger partial charge >= 0.3 is 0 Å². The molecule has 1 fully saturated rings. The first-order chi connectivity index (χ1) is 13.2. The van der Waals surface area contributed by atoms with Crippen molar-refractivity contribution in [3.63, 3.8) is 0 Å². The number of nitrogens with one attached hydrogen (secondary N) is 1. The van der Waals surface area contributed by atoms with Crippen molar-refractivity contribution in [2.45, 2.75) is 19.4 Å². The van der Waals surface area contributed by atoms with Crippen molar-refractivity contribution in [3.05, 3.63) is 59.9 Å². The quantitative estimate of drug-likeness (QED) is 0.735. The van der Waals surface area contributed by atoms with Gasteiger partial charge in [-0.2, -0.15) is 0 Å². The van der Waals surface area contributed by atoms with Gasteiger partial charge in [-0.25, -0.2) is 9.97 Å². The molecule has 0 saturated carbocycles. The smallest absolute Gasteiger partial charge is 0.254 e. The summed E-state index contributed by atoms with van der Waals surface area (Å²) in [5.41, 5.74) is 1.90. The predicted octanol–water partition coefficient (Wildman–Crippen LogP) is 1.82. The van der Waals surface area contributed by atoms with Gasteiger partial charge in [-0.1, -0.05) is 11.2 Å². The molecular formula is C19H19N5O3. The second-order valence-corrected chi connectivity index (χ2v) is 6.53. The van der Waals surface area contributed by atoms with Gasteiger partial charge in [0.05, 0.1) is 30.5 Å². The van der Waals surface area contributed by atoms with Gasteiger partial charge in [0.2, 0.25) is 0 Å². The molecule has 0 spiro atoms. The predicted molar refractivity (Wildman–Crippen MR) is 95.8 cm³/mol. The number of aryl methyl sites for hydroxylation is 1. The van der Waals surface area contributed by atoms with Crippen molar-refractivity contribution >= 4 is 5.91 Å². The van der Waals surface area contributed by atoms with E-state index >= 15 is 0 Å². The zero-order chi connectivity index (χ0) is 18.6. The summed E-state index contributed by atoms with van der Waals surface area (Å²) in [7, 11) is 0. The number of pyridine rings is 1. The number of hydrogen-bond acceptors (Lipinski definition) is 7. The summed E-state index contributed by atoms with van der Waals surface area (Å²) in [6, 6.07) is 7.31. The lowest BCUT2D eigenvalue weighted by Gasteiger charge is -2.17. The Balaban J connectivity index is 1.40. The van der Waals surface area contributed by atoms with Gasteiger partial charge in [0.25, 0.3) is 5.91 Å². The average molecular weight is 365 g/mol. The Morgan fingerprint density at radius 1 is 1.22 bits per heavy atom. The Kier molecular flexibility index (Phi) is 4.88. The molecule has 1 N–H and O–H groups in total. The van der Waals surface area contributed by atoms with Gasteiger partial charge in [-0.05, 0) is 19.1 Å². The molecule has 2 atom stereocenters. The number of rotatable bonds is 5. The first-order valence-corrected chi connectivity index (χ1v) is 8.73. The van der Waals surface area contributed by atoms with Crippen LogP contribution in [0.2, 0.25) is 0 Å². The number of nitrogens with zero attached hydrogens (tertiary/aromatic N) is 4. The highest BCUT2D eigenvalue weighted by atomic mass is 16.5. The first kappa shape index (κ1) is 17.3. The van der Waals surface area contributed by atoms with E-state index in [4.69, 9.17) is 9.26 Å². The molecular weight excluding hydrogens is 346 g/mol. The molecule has 3 aromatic rings. The Morgan fingerprint density at radius 3 is 2.78 bits per heavy atom. The summed E-state index contributed by atoms with van der Waals surface area (Å²) >= 11 is 0. The second kappa shape index (κ2) is 7.63. The van der Waals surface area contributed by atoms with E-state index in [1.807, 2.05) is 31.2 Å². The Bertz CT molecular complexity index is 911. The van der Waals surface area contributed by atoms with Gasteiger partial charge in [0, 0.05) is 37.0 Å². The normalized spacial score (nSPS) is 19.1. The van der Waals surface area contributed by atoms with Crippen LogP contribution in [-0.2, 0) is 11.2 Å². The van der Waals surface area contributed by atoms with E-state index in [2.05, 4.69) is 25.4 Å². The lowest BCUT2D eigenvalue weighted by atomic mass is 9.98. The monoisotopic (exact) mass is 365 g/mol. The standard InChI is InChI=1S/C19H19N5O3/c1-12-6-15(27-24-12)7-13-10-26-11-17(13)23-19(25)14-8-21-18(22-9-14)16-4-2-3-5-20-16/h2-6,8-9,13,17H,7,10-11H2,1H3,(H,23,25)/t13-,17+/m1/s1. The third-order valence-corrected chi connectivity index (χ3v) is 4.46. The summed E-state index contributed by atoms with van der Waals surface area (Å²) < 4.78 is 10.8. The van der Waals surface area contributed by atoms with E-state index in [0.29, 0.717) is 36.7 Å². The van der Waals surface area contributed by atoms with E-state index in [1.54, 1.807) is 6.20 Å². The number of hydrogen-bond donors (Lipinski definition) is 1. The van der Waals surface area contributed by atoms with Gasteiger partial charge in [0.1, 0.15) is 11.5 Å². The molecule has 0 unspecified atom stereocenters. The van der Waals surface area contributed by atoms with Crippen molar-refractivity contribution < 1.29 is 14.1 Å². The van der Waals surface area contributed by atoms with Crippen LogP contribution in [0.3, 0.4) is 0 Å². The van der Waals surface area contributed by atoms with Crippen molar-refractivity contribution in [2.24, 2.45) is 5.92 Å². The molecule has 0 aliphatic carbocycles. The van der Waals surface area contributed by atoms with E-state index in [-0.39, 0.29) is 17.9 Å². The van der Waals surface area contributed by atoms with Gasteiger partial charge < -0.3 is 14.6 Å². The summed E-state index contributed by atoms with van der Waals surface area (Å²) in [6.07, 6.45) is 5.37. The molecule has 0 bridgehead atoms. The highest BCUT2D eigenvalue weighted by molar-refractivity contribution is 5.93. The largest absolute Gasteiger partial charge is 0.379 e. The minimum absolute atomic E-state index is 0.0987. The van der Waals surface area contributed by atoms with Crippen molar-refractivity contribution in [1.29, 1.82) is 0 Å². The number of ether oxygens (including phenoxy) is 1. The second-order valence-electron chi connectivity index (χ2n) is 6.53. The van der Waals surface area contributed by atoms with E-state index < -0.39 is 0 Å². The topological polar surface area (TPSA) is 103 Å². The SMILES string of the molecule is Cc1cc(C[C@@H]2COC[C@@H]2NC(=O)c2cnc(-c3ccccn3)nc2)on1. The number of aromatic nitrogens is 4. The van der Waals surface area contributed by atoms with Crippen LogP contribution in [0.15, 0.2) is 47.4 Å². The van der Waals surface area contributed by atoms with Crippen LogP contribution in [0.5, 0.6) is 0 Å². The van der Waals surface area contributed by atoms with Crippen LogP contribution in [0, 0.1) is 12.8 Å². The maximum atomic E-state index is 12.6. The Morgan fingerprint density at radius 2 is 2.07 bits per heavy atom. The van der Waals surface area contributed by atoms with Crippen molar-refractivity contribution in [3.8, 4) is 11.5 Å². The molecule has 1 saturated heterocycles. The van der Waals surface area contributed by atoms with Crippen LogP contribution in [0.4, 0.5) is 0 Å². The zero-order valence-corrected chi connectivity index (χ0v) is 14.8. The Labute approximate surface area is 156 Å². The zero-order valence-electron chi connectivity index (χ0n) is 14.8. The fourth-order valence-electron chi connectivity index (χ4n) is 3.05. The molecule has 1 amide bonds. The lowest BCUT2D eigenvalue weighted by Crippen LogP contribution is -2.40. The molecule has 0 aromatic carbocycles. The fraction of sp³-hybridized carbons (Fsp3) is 0.316. The summed E-state index contributed by atoms with van der Waals surface area (Å²) in [6.45, 7) is 2.92. The van der Waals surface area contributed by atoms with Crippen LogP contribution in [-0.4, -0.2) is 45.3 Å². The highest BCUT2D eigenvalue weighted by Gasteiger charge is 2.31. The average Bonchev–Trinajstić information content (AvgIpc) is 3.31. The Hall–Kier alpha value is -3.13. The first-order valence-electron chi connectivity index (χ1n) is 8.73. The molecule has 1 aliphatic rings. The summed E-state index contributed by atoms with van der Waals surface area (Å²) in [5.74, 6) is 1.19. The van der Waals surface area contributed by atoms with Crippen LogP contribution >= 0.6 is 0 Å². The summed E-state index contributed by atoms with van der Waals surface area (Å²) in [4.78, 5) is 25.2. The van der Waals surface area contributed by atoms with E-state index in [9.17, 15) is 4.79 Å². The minimum atomic E-state index is -0.225.